The van der Waals surface area contributed by atoms with E-state index in [2.05, 4.69) is 4.98 Å². The third-order valence-corrected chi connectivity index (χ3v) is 1.95. The van der Waals surface area contributed by atoms with Gasteiger partial charge in [0.1, 0.15) is 5.69 Å². The molecular weight excluding hydrogens is 180 g/mol. The van der Waals surface area contributed by atoms with Gasteiger partial charge < -0.3 is 15.6 Å². The SMILES string of the molecule is CN(CCC#N)c1cc[nH]c(=O)c1N. The number of pyridine rings is 1. The minimum atomic E-state index is -0.300. The number of nitrogen functional groups attached to an aromatic ring is 1. The maximum absolute atomic E-state index is 11.1. The highest BCUT2D eigenvalue weighted by Gasteiger charge is 2.06. The number of aromatic amines is 1. The van der Waals surface area contributed by atoms with Gasteiger partial charge in [0.25, 0.3) is 5.56 Å². The predicted molar refractivity (Wildman–Crippen MR) is 55.0 cm³/mol. The van der Waals surface area contributed by atoms with Gasteiger partial charge in [0.05, 0.1) is 18.2 Å². The summed E-state index contributed by atoms with van der Waals surface area (Å²) in [5, 5.41) is 8.41. The average Bonchev–Trinajstić information content (AvgIpc) is 2.18. The number of hydrogen-bond donors (Lipinski definition) is 2. The van der Waals surface area contributed by atoms with Gasteiger partial charge in [-0.05, 0) is 6.07 Å². The van der Waals surface area contributed by atoms with Crippen LogP contribution in [0, 0.1) is 11.3 Å². The van der Waals surface area contributed by atoms with E-state index in [0.717, 1.165) is 0 Å². The fourth-order valence-corrected chi connectivity index (χ4v) is 1.15. The van der Waals surface area contributed by atoms with Gasteiger partial charge in [-0.1, -0.05) is 0 Å². The van der Waals surface area contributed by atoms with Crippen LogP contribution in [0.3, 0.4) is 0 Å². The van der Waals surface area contributed by atoms with E-state index in [1.165, 1.54) is 6.20 Å². The summed E-state index contributed by atoms with van der Waals surface area (Å²) in [7, 11) is 1.79. The van der Waals surface area contributed by atoms with Crippen molar-refractivity contribution in [3.63, 3.8) is 0 Å². The minimum Gasteiger partial charge on any atom is -0.393 e. The predicted octanol–water partition coefficient (Wildman–Crippen LogP) is 0.307. The van der Waals surface area contributed by atoms with Gasteiger partial charge in [0, 0.05) is 19.8 Å². The molecule has 0 aliphatic heterocycles. The van der Waals surface area contributed by atoms with Gasteiger partial charge in [-0.15, -0.1) is 0 Å². The zero-order chi connectivity index (χ0) is 10.6. The van der Waals surface area contributed by atoms with Gasteiger partial charge in [-0.25, -0.2) is 0 Å². The lowest BCUT2D eigenvalue weighted by atomic mass is 10.3. The number of nitrogens with two attached hydrogens (primary N) is 1. The first-order chi connectivity index (χ1) is 6.66. The van der Waals surface area contributed by atoms with Crippen LogP contribution in [-0.2, 0) is 0 Å². The maximum atomic E-state index is 11.1. The fourth-order valence-electron chi connectivity index (χ4n) is 1.15. The third-order valence-electron chi connectivity index (χ3n) is 1.95. The van der Waals surface area contributed by atoms with Crippen molar-refractivity contribution in [3.8, 4) is 6.07 Å². The molecule has 5 heteroatoms. The zero-order valence-corrected chi connectivity index (χ0v) is 7.95. The lowest BCUT2D eigenvalue weighted by Crippen LogP contribution is -2.23. The number of H-pyrrole nitrogens is 1. The Bertz CT molecular complexity index is 404. The highest BCUT2D eigenvalue weighted by atomic mass is 16.1. The van der Waals surface area contributed by atoms with Crippen molar-refractivity contribution in [2.75, 3.05) is 24.2 Å². The summed E-state index contributed by atoms with van der Waals surface area (Å²) in [6.07, 6.45) is 1.94. The second kappa shape index (κ2) is 4.33. The lowest BCUT2D eigenvalue weighted by molar-refractivity contribution is 0.903. The molecule has 0 saturated carbocycles. The normalized spacial score (nSPS) is 9.43. The molecule has 0 aliphatic rings. The summed E-state index contributed by atoms with van der Waals surface area (Å²) in [6.45, 7) is 0.560. The van der Waals surface area contributed by atoms with E-state index in [1.54, 1.807) is 18.0 Å². The molecule has 0 spiro atoms. The highest BCUT2D eigenvalue weighted by Crippen LogP contribution is 2.16. The average molecular weight is 192 g/mol. The molecule has 14 heavy (non-hydrogen) atoms. The van der Waals surface area contributed by atoms with Crippen molar-refractivity contribution in [2.45, 2.75) is 6.42 Å². The molecule has 0 radical (unpaired) electrons. The molecule has 0 aromatic carbocycles. The van der Waals surface area contributed by atoms with Gasteiger partial charge in [-0.2, -0.15) is 5.26 Å². The molecule has 0 fully saturated rings. The molecule has 0 amide bonds. The number of hydrogen-bond acceptors (Lipinski definition) is 4. The molecule has 0 atom stereocenters. The minimum absolute atomic E-state index is 0.188. The number of nitrogens with one attached hydrogen (secondary N) is 1. The van der Waals surface area contributed by atoms with Crippen LogP contribution >= 0.6 is 0 Å². The fraction of sp³-hybridized carbons (Fsp3) is 0.333. The van der Waals surface area contributed by atoms with Crippen LogP contribution < -0.4 is 16.2 Å². The molecule has 74 valence electrons. The summed E-state index contributed by atoms with van der Waals surface area (Å²) < 4.78 is 0. The zero-order valence-electron chi connectivity index (χ0n) is 7.95. The molecular formula is C9H12N4O. The molecule has 1 aromatic rings. The Hall–Kier alpha value is -1.96. The molecule has 1 heterocycles. The van der Waals surface area contributed by atoms with Gasteiger partial charge in [0.2, 0.25) is 0 Å². The molecule has 0 aliphatic carbocycles. The molecule has 3 N–H and O–H groups in total. The Morgan fingerprint density at radius 2 is 2.43 bits per heavy atom. The number of aromatic nitrogens is 1. The van der Waals surface area contributed by atoms with Gasteiger partial charge in [-0.3, -0.25) is 4.79 Å². The highest BCUT2D eigenvalue weighted by molar-refractivity contribution is 5.65. The smallest absolute Gasteiger partial charge is 0.273 e. The summed E-state index contributed by atoms with van der Waals surface area (Å²) in [4.78, 5) is 15.4. The number of rotatable bonds is 3. The van der Waals surface area contributed by atoms with E-state index >= 15 is 0 Å². The quantitative estimate of drug-likeness (QED) is 0.721. The van der Waals surface area contributed by atoms with Crippen LogP contribution in [0.4, 0.5) is 11.4 Å². The van der Waals surface area contributed by atoms with E-state index in [0.29, 0.717) is 18.7 Å². The van der Waals surface area contributed by atoms with Gasteiger partial charge >= 0.3 is 0 Å². The van der Waals surface area contributed by atoms with Crippen molar-refractivity contribution in [2.24, 2.45) is 0 Å². The summed E-state index contributed by atoms with van der Waals surface area (Å²) in [6, 6.07) is 3.75. The van der Waals surface area contributed by atoms with E-state index in [4.69, 9.17) is 11.0 Å². The Morgan fingerprint density at radius 1 is 1.71 bits per heavy atom. The number of nitriles is 1. The second-order valence-corrected chi connectivity index (χ2v) is 2.94. The Kier molecular flexibility index (Phi) is 3.13. The van der Waals surface area contributed by atoms with Crippen LogP contribution in [-0.4, -0.2) is 18.6 Å². The molecule has 1 rings (SSSR count). The first-order valence-corrected chi connectivity index (χ1v) is 4.22. The summed E-state index contributed by atoms with van der Waals surface area (Å²) in [5.41, 5.74) is 6.13. The first-order valence-electron chi connectivity index (χ1n) is 4.22. The monoisotopic (exact) mass is 192 g/mol. The largest absolute Gasteiger partial charge is 0.393 e. The van der Waals surface area contributed by atoms with Crippen molar-refractivity contribution < 1.29 is 0 Å². The third kappa shape index (κ3) is 2.04. The van der Waals surface area contributed by atoms with Crippen LogP contribution in [0.5, 0.6) is 0 Å². The van der Waals surface area contributed by atoms with Crippen LogP contribution in [0.25, 0.3) is 0 Å². The van der Waals surface area contributed by atoms with Crippen LogP contribution in [0.1, 0.15) is 6.42 Å². The summed E-state index contributed by atoms with van der Waals surface area (Å²) >= 11 is 0. The maximum Gasteiger partial charge on any atom is 0.273 e. The topological polar surface area (TPSA) is 85.9 Å². The molecule has 0 bridgehead atoms. The molecule has 1 aromatic heterocycles. The second-order valence-electron chi connectivity index (χ2n) is 2.94. The van der Waals surface area contributed by atoms with Crippen LogP contribution in [0.2, 0.25) is 0 Å². The molecule has 0 saturated heterocycles. The number of anilines is 2. The van der Waals surface area contributed by atoms with E-state index < -0.39 is 0 Å². The Morgan fingerprint density at radius 3 is 3.07 bits per heavy atom. The Balaban J connectivity index is 2.91. The van der Waals surface area contributed by atoms with Crippen molar-refractivity contribution >= 4 is 11.4 Å². The van der Waals surface area contributed by atoms with Crippen molar-refractivity contribution in [1.29, 1.82) is 5.26 Å². The van der Waals surface area contributed by atoms with Gasteiger partial charge in [0.15, 0.2) is 0 Å². The standard InChI is InChI=1S/C9H12N4O/c1-13(6-2-4-10)7-3-5-12-9(14)8(7)11/h3,5H,2,6,11H2,1H3,(H,12,14). The number of nitrogens with zero attached hydrogens (tertiary/aromatic N) is 2. The van der Waals surface area contributed by atoms with Crippen molar-refractivity contribution in [3.05, 3.63) is 22.6 Å². The Labute approximate surface area is 81.8 Å². The van der Waals surface area contributed by atoms with E-state index in [1.807, 2.05) is 6.07 Å². The molecule has 0 unspecified atom stereocenters. The van der Waals surface area contributed by atoms with E-state index in [-0.39, 0.29) is 11.2 Å². The summed E-state index contributed by atoms with van der Waals surface area (Å²) in [5.74, 6) is 0. The first kappa shape index (κ1) is 10.1. The van der Waals surface area contributed by atoms with E-state index in [9.17, 15) is 4.79 Å². The molecule has 5 nitrogen and oxygen atoms in total. The van der Waals surface area contributed by atoms with Crippen LogP contribution in [0.15, 0.2) is 17.1 Å². The lowest BCUT2D eigenvalue weighted by Gasteiger charge is -2.18. The van der Waals surface area contributed by atoms with Crippen molar-refractivity contribution in [1.82, 2.24) is 4.98 Å².